The summed E-state index contributed by atoms with van der Waals surface area (Å²) in [5.74, 6) is 1.07. The lowest BCUT2D eigenvalue weighted by molar-refractivity contribution is 0.0335. The molecule has 0 bridgehead atoms. The molecule has 0 saturated heterocycles. The summed E-state index contributed by atoms with van der Waals surface area (Å²) < 4.78 is 8.18. The SMILES string of the molecule is C=C1C(OC[C@H](O)CO)=CN(C)c2c1c(Nc1ccc(I)cc1Cl)cc(=O)n2C. The van der Waals surface area contributed by atoms with Crippen molar-refractivity contribution >= 4 is 57.0 Å². The maximum absolute atomic E-state index is 12.5. The van der Waals surface area contributed by atoms with Crippen molar-refractivity contribution in [2.75, 3.05) is 30.5 Å². The topological polar surface area (TPSA) is 87.0 Å². The van der Waals surface area contributed by atoms with Gasteiger partial charge in [-0.25, -0.2) is 0 Å². The first kappa shape index (κ1) is 21.7. The number of ether oxygens (including phenoxy) is 1. The van der Waals surface area contributed by atoms with Crippen LogP contribution in [-0.2, 0) is 11.8 Å². The van der Waals surface area contributed by atoms with Crippen LogP contribution in [0.1, 0.15) is 5.56 Å². The van der Waals surface area contributed by atoms with Crippen LogP contribution in [0.5, 0.6) is 0 Å². The Labute approximate surface area is 187 Å². The molecule has 7 nitrogen and oxygen atoms in total. The van der Waals surface area contributed by atoms with E-state index >= 15 is 0 Å². The highest BCUT2D eigenvalue weighted by molar-refractivity contribution is 14.1. The third-order valence-corrected chi connectivity index (χ3v) is 5.48. The Hall–Kier alpha value is -2.01. The molecule has 1 atom stereocenters. The van der Waals surface area contributed by atoms with E-state index in [1.165, 1.54) is 10.6 Å². The van der Waals surface area contributed by atoms with E-state index < -0.39 is 12.7 Å². The van der Waals surface area contributed by atoms with Gasteiger partial charge in [0.2, 0.25) is 0 Å². The van der Waals surface area contributed by atoms with Crippen molar-refractivity contribution in [1.82, 2.24) is 4.57 Å². The van der Waals surface area contributed by atoms with Crippen molar-refractivity contribution in [3.05, 3.63) is 67.3 Å². The van der Waals surface area contributed by atoms with Gasteiger partial charge in [0.05, 0.1) is 23.0 Å². The first-order valence-corrected chi connectivity index (χ1v) is 10.2. The van der Waals surface area contributed by atoms with E-state index in [-0.39, 0.29) is 12.2 Å². The second kappa shape index (κ2) is 8.78. The lowest BCUT2D eigenvalue weighted by Gasteiger charge is -2.31. The molecular weight excluding hydrogens is 509 g/mol. The van der Waals surface area contributed by atoms with Crippen LogP contribution in [-0.4, -0.2) is 41.1 Å². The number of aromatic nitrogens is 1. The molecule has 154 valence electrons. The number of hydrogen-bond acceptors (Lipinski definition) is 6. The molecule has 0 spiro atoms. The fourth-order valence-corrected chi connectivity index (χ4v) is 3.93. The first-order chi connectivity index (χ1) is 13.7. The number of nitrogens with one attached hydrogen (secondary N) is 1. The van der Waals surface area contributed by atoms with Gasteiger partial charge in [-0.2, -0.15) is 0 Å². The molecule has 2 aromatic rings. The Bertz CT molecular complexity index is 1050. The van der Waals surface area contributed by atoms with E-state index in [1.807, 2.05) is 18.2 Å². The summed E-state index contributed by atoms with van der Waals surface area (Å²) in [6, 6.07) is 7.06. The molecule has 0 saturated carbocycles. The Morgan fingerprint density at radius 1 is 1.31 bits per heavy atom. The summed E-state index contributed by atoms with van der Waals surface area (Å²) in [7, 11) is 3.47. The highest BCUT2D eigenvalue weighted by Gasteiger charge is 2.27. The molecule has 3 N–H and O–H groups in total. The summed E-state index contributed by atoms with van der Waals surface area (Å²) in [6.07, 6.45) is 0.689. The molecule has 1 aliphatic rings. The van der Waals surface area contributed by atoms with Crippen LogP contribution in [0, 0.1) is 3.57 Å². The summed E-state index contributed by atoms with van der Waals surface area (Å²) >= 11 is 8.53. The van der Waals surface area contributed by atoms with E-state index in [0.717, 1.165) is 3.57 Å². The minimum atomic E-state index is -1.00. The monoisotopic (exact) mass is 529 g/mol. The molecule has 9 heteroatoms. The summed E-state index contributed by atoms with van der Waals surface area (Å²) in [5, 5.41) is 22.4. The van der Waals surface area contributed by atoms with Gasteiger partial charge in [-0.05, 0) is 40.8 Å². The predicted octanol–water partition coefficient (Wildman–Crippen LogP) is 3.06. The highest BCUT2D eigenvalue weighted by atomic mass is 127. The van der Waals surface area contributed by atoms with Crippen LogP contribution < -0.4 is 15.8 Å². The van der Waals surface area contributed by atoms with Crippen LogP contribution in [0.4, 0.5) is 17.2 Å². The quantitative estimate of drug-likeness (QED) is 0.499. The van der Waals surface area contributed by atoms with Crippen LogP contribution in [0.25, 0.3) is 5.57 Å². The number of halogens is 2. The smallest absolute Gasteiger partial charge is 0.253 e. The number of pyridine rings is 1. The molecular formula is C20H21ClIN3O4. The van der Waals surface area contributed by atoms with Gasteiger partial charge in [0.1, 0.15) is 24.3 Å². The Morgan fingerprint density at radius 3 is 2.69 bits per heavy atom. The van der Waals surface area contributed by atoms with E-state index in [2.05, 4.69) is 34.5 Å². The van der Waals surface area contributed by atoms with Crippen LogP contribution in [0.2, 0.25) is 5.02 Å². The lowest BCUT2D eigenvalue weighted by Crippen LogP contribution is -2.29. The Kier molecular flexibility index (Phi) is 6.57. The third-order valence-electron chi connectivity index (χ3n) is 4.50. The van der Waals surface area contributed by atoms with Gasteiger partial charge in [0.25, 0.3) is 5.56 Å². The Morgan fingerprint density at radius 2 is 2.03 bits per heavy atom. The second-order valence-electron chi connectivity index (χ2n) is 6.63. The number of rotatable bonds is 6. The van der Waals surface area contributed by atoms with E-state index in [1.54, 1.807) is 25.2 Å². The zero-order chi connectivity index (χ0) is 21.3. The standard InChI is InChI=1S/C20H21ClIN3O4/c1-11-17(29-10-13(27)9-26)8-24(2)20-19(11)16(7-18(28)25(20)3)23-15-5-4-12(22)6-14(15)21/h4-8,13,23,26-27H,1,9-10H2,2-3H3/t13-/m1/s1. The molecule has 1 aromatic carbocycles. The maximum atomic E-state index is 12.5. The van der Waals surface area contributed by atoms with Crippen LogP contribution >= 0.6 is 34.2 Å². The first-order valence-electron chi connectivity index (χ1n) is 8.75. The number of hydrogen-bond donors (Lipinski definition) is 3. The van der Waals surface area contributed by atoms with Gasteiger partial charge in [-0.3, -0.25) is 9.36 Å². The van der Waals surface area contributed by atoms with Crippen LogP contribution in [0.15, 0.2) is 47.6 Å². The van der Waals surface area contributed by atoms with E-state index in [0.29, 0.717) is 39.1 Å². The highest BCUT2D eigenvalue weighted by Crippen LogP contribution is 2.41. The van der Waals surface area contributed by atoms with Crippen LogP contribution in [0.3, 0.4) is 0 Å². The number of allylic oxidation sites excluding steroid dienone is 1. The zero-order valence-corrected chi connectivity index (χ0v) is 18.9. The molecule has 0 radical (unpaired) electrons. The summed E-state index contributed by atoms with van der Waals surface area (Å²) in [4.78, 5) is 14.3. The van der Waals surface area contributed by atoms with Crippen molar-refractivity contribution in [3.63, 3.8) is 0 Å². The second-order valence-corrected chi connectivity index (χ2v) is 8.29. The van der Waals surface area contributed by atoms with Crippen molar-refractivity contribution in [2.24, 2.45) is 7.05 Å². The number of fused-ring (bicyclic) bond motifs is 1. The number of benzene rings is 1. The fourth-order valence-electron chi connectivity index (χ4n) is 3.03. The molecule has 29 heavy (non-hydrogen) atoms. The molecule has 2 heterocycles. The fraction of sp³-hybridized carbons (Fsp3) is 0.250. The van der Waals surface area contributed by atoms with Crippen molar-refractivity contribution < 1.29 is 14.9 Å². The van der Waals surface area contributed by atoms with Gasteiger partial charge >= 0.3 is 0 Å². The van der Waals surface area contributed by atoms with Gasteiger partial charge in [0.15, 0.2) is 0 Å². The van der Waals surface area contributed by atoms with E-state index in [9.17, 15) is 9.90 Å². The van der Waals surface area contributed by atoms with Crippen molar-refractivity contribution in [2.45, 2.75) is 6.10 Å². The van der Waals surface area contributed by atoms with Gasteiger partial charge < -0.3 is 25.2 Å². The molecule has 0 aliphatic carbocycles. The molecule has 3 rings (SSSR count). The van der Waals surface area contributed by atoms with E-state index in [4.69, 9.17) is 21.4 Å². The number of nitrogens with zero attached hydrogens (tertiary/aromatic N) is 2. The number of aliphatic hydroxyl groups excluding tert-OH is 2. The maximum Gasteiger partial charge on any atom is 0.253 e. The minimum Gasteiger partial charge on any atom is -0.489 e. The normalized spacial score (nSPS) is 14.3. The molecule has 0 unspecified atom stereocenters. The molecule has 0 amide bonds. The summed E-state index contributed by atoms with van der Waals surface area (Å²) in [5.41, 5.74) is 2.23. The van der Waals surface area contributed by atoms with Gasteiger partial charge in [0, 0.05) is 41.1 Å². The molecule has 1 aliphatic heterocycles. The van der Waals surface area contributed by atoms with Crippen molar-refractivity contribution in [3.8, 4) is 0 Å². The van der Waals surface area contributed by atoms with Gasteiger partial charge in [-0.15, -0.1) is 0 Å². The van der Waals surface area contributed by atoms with Crippen molar-refractivity contribution in [1.29, 1.82) is 0 Å². The summed E-state index contributed by atoms with van der Waals surface area (Å²) in [6.45, 7) is 3.65. The minimum absolute atomic E-state index is 0.0813. The number of anilines is 3. The Balaban J connectivity index is 2.06. The average Bonchev–Trinajstić information content (AvgIpc) is 2.67. The predicted molar refractivity (Wildman–Crippen MR) is 124 cm³/mol. The molecule has 1 aromatic heterocycles. The van der Waals surface area contributed by atoms with Gasteiger partial charge in [-0.1, -0.05) is 18.2 Å². The lowest BCUT2D eigenvalue weighted by atomic mass is 10.0. The average molecular weight is 530 g/mol. The zero-order valence-electron chi connectivity index (χ0n) is 15.9. The largest absolute Gasteiger partial charge is 0.489 e. The molecule has 0 fully saturated rings. The third kappa shape index (κ3) is 4.45. The number of aliphatic hydroxyl groups is 2.